The molecule has 1 saturated heterocycles. The third kappa shape index (κ3) is 6.17. The molecule has 9 heteroatoms. The Bertz CT molecular complexity index is 1050. The fourth-order valence-corrected chi connectivity index (χ4v) is 4.67. The average molecular weight is 484 g/mol. The molecule has 0 radical (unpaired) electrons. The molecule has 1 aromatic carbocycles. The van der Waals surface area contributed by atoms with Gasteiger partial charge in [-0.3, -0.25) is 29.3 Å². The van der Waals surface area contributed by atoms with Crippen molar-refractivity contribution in [1.82, 2.24) is 16.0 Å². The van der Waals surface area contributed by atoms with E-state index in [0.717, 1.165) is 11.1 Å². The molecule has 1 aromatic heterocycles. The zero-order chi connectivity index (χ0) is 24.8. The first kappa shape index (κ1) is 25.3. The van der Waals surface area contributed by atoms with Gasteiger partial charge in [0.25, 0.3) is 0 Å². The van der Waals surface area contributed by atoms with Crippen LogP contribution in [0, 0.1) is 17.8 Å². The van der Waals surface area contributed by atoms with E-state index in [-0.39, 0.29) is 24.7 Å². The van der Waals surface area contributed by atoms with Crippen LogP contribution in [0.4, 0.5) is 0 Å². The van der Waals surface area contributed by atoms with Crippen molar-refractivity contribution in [2.24, 2.45) is 17.8 Å². The number of Topliss-reactive ketones (excluding diaryl/α,β-unsaturated/α-hetero) is 1. The summed E-state index contributed by atoms with van der Waals surface area (Å²) in [7, 11) is 0. The van der Waals surface area contributed by atoms with E-state index in [1.54, 1.807) is 13.8 Å². The lowest BCUT2D eigenvalue weighted by Gasteiger charge is -2.26. The summed E-state index contributed by atoms with van der Waals surface area (Å²) in [6.45, 7) is 5.05. The molecule has 3 N–H and O–H groups in total. The fourth-order valence-electron chi connectivity index (χ4n) is 4.01. The summed E-state index contributed by atoms with van der Waals surface area (Å²) in [6, 6.07) is 9.48. The number of hydrogen-bond acceptors (Lipinski definition) is 6. The molecule has 1 aliphatic heterocycles. The zero-order valence-electron chi connectivity index (χ0n) is 19.4. The largest absolute Gasteiger partial charge is 0.348 e. The first-order chi connectivity index (χ1) is 16.2. The zero-order valence-corrected chi connectivity index (χ0v) is 20.2. The molecule has 4 amide bonds. The Morgan fingerprint density at radius 1 is 1.00 bits per heavy atom. The van der Waals surface area contributed by atoms with Crippen LogP contribution in [0.3, 0.4) is 0 Å². The number of amides is 4. The van der Waals surface area contributed by atoms with E-state index in [4.69, 9.17) is 0 Å². The van der Waals surface area contributed by atoms with Crippen LogP contribution in [-0.4, -0.2) is 35.5 Å². The number of benzene rings is 1. The van der Waals surface area contributed by atoms with Crippen LogP contribution in [0.5, 0.6) is 0 Å². The Morgan fingerprint density at radius 2 is 1.71 bits per heavy atom. The third-order valence-electron chi connectivity index (χ3n) is 5.91. The maximum Gasteiger partial charge on any atom is 0.238 e. The number of nitrogens with one attached hydrogen (secondary N) is 3. The first-order valence-corrected chi connectivity index (χ1v) is 12.1. The maximum absolute atomic E-state index is 13.1. The minimum atomic E-state index is -1.13. The van der Waals surface area contributed by atoms with Crippen LogP contribution >= 0.6 is 11.3 Å². The van der Waals surface area contributed by atoms with Crippen molar-refractivity contribution in [2.45, 2.75) is 45.7 Å². The van der Waals surface area contributed by atoms with E-state index in [1.165, 1.54) is 18.3 Å². The smallest absolute Gasteiger partial charge is 0.238 e. The van der Waals surface area contributed by atoms with Gasteiger partial charge in [0, 0.05) is 0 Å². The van der Waals surface area contributed by atoms with Crippen LogP contribution in [0.15, 0.2) is 47.2 Å². The van der Waals surface area contributed by atoms with Crippen LogP contribution in [0.1, 0.15) is 44.4 Å². The normalized spacial score (nSPS) is 19.4. The molecule has 4 atom stereocenters. The summed E-state index contributed by atoms with van der Waals surface area (Å²) in [5.41, 5.74) is 1.65. The van der Waals surface area contributed by atoms with E-state index in [1.807, 2.05) is 47.2 Å². The second-order valence-electron chi connectivity index (χ2n) is 8.85. The van der Waals surface area contributed by atoms with Gasteiger partial charge in [0.1, 0.15) is 5.92 Å². The molecule has 180 valence electrons. The summed E-state index contributed by atoms with van der Waals surface area (Å²) < 4.78 is 0. The van der Waals surface area contributed by atoms with Gasteiger partial charge in [-0.2, -0.15) is 11.3 Å². The van der Waals surface area contributed by atoms with Gasteiger partial charge in [0.05, 0.1) is 30.8 Å². The highest BCUT2D eigenvalue weighted by Gasteiger charge is 2.46. The summed E-state index contributed by atoms with van der Waals surface area (Å²) in [5, 5.41) is 11.6. The number of carbonyl (C=O) groups is 5. The molecule has 3 rings (SSSR count). The van der Waals surface area contributed by atoms with E-state index in [2.05, 4.69) is 16.0 Å². The molecule has 2 heterocycles. The summed E-state index contributed by atoms with van der Waals surface area (Å²) in [5.74, 6) is -4.48. The molecule has 1 aliphatic rings. The van der Waals surface area contributed by atoms with Crippen molar-refractivity contribution in [3.8, 4) is 0 Å². The van der Waals surface area contributed by atoms with Crippen molar-refractivity contribution in [3.05, 3.63) is 58.3 Å². The topological polar surface area (TPSA) is 121 Å². The van der Waals surface area contributed by atoms with Gasteiger partial charge in [0.2, 0.25) is 23.6 Å². The standard InChI is InChI=1S/C25H29N3O5S/c1-14(2)22(23(31)21-15(3)24(32)28-25(21)33)27-20(30)12-18(17-7-5-4-6-8-17)26-19(29)11-16-9-10-34-13-16/h4-10,13-15,18,21-22H,11-12H2,1-3H3,(H,26,29)(H,27,30)(H,28,32,33)/t15-,18-,21+,22+/m0/s1. The quantitative estimate of drug-likeness (QED) is 0.353. The van der Waals surface area contributed by atoms with Crippen molar-refractivity contribution < 1.29 is 24.0 Å². The Balaban J connectivity index is 1.71. The third-order valence-corrected chi connectivity index (χ3v) is 6.64. The molecule has 0 bridgehead atoms. The molecule has 0 spiro atoms. The number of thiophene rings is 1. The monoisotopic (exact) mass is 483 g/mol. The van der Waals surface area contributed by atoms with Gasteiger partial charge in [-0.15, -0.1) is 0 Å². The molecular weight excluding hydrogens is 454 g/mol. The maximum atomic E-state index is 13.1. The molecule has 0 unspecified atom stereocenters. The van der Waals surface area contributed by atoms with E-state index < -0.39 is 47.4 Å². The van der Waals surface area contributed by atoms with Crippen molar-refractivity contribution in [2.75, 3.05) is 0 Å². The van der Waals surface area contributed by atoms with E-state index in [9.17, 15) is 24.0 Å². The molecule has 0 aliphatic carbocycles. The molecule has 34 heavy (non-hydrogen) atoms. The van der Waals surface area contributed by atoms with Crippen molar-refractivity contribution in [1.29, 1.82) is 0 Å². The van der Waals surface area contributed by atoms with Crippen LogP contribution < -0.4 is 16.0 Å². The van der Waals surface area contributed by atoms with Gasteiger partial charge in [-0.1, -0.05) is 51.1 Å². The Morgan fingerprint density at radius 3 is 2.26 bits per heavy atom. The van der Waals surface area contributed by atoms with Crippen molar-refractivity contribution >= 4 is 40.7 Å². The Labute approximate surface area is 202 Å². The van der Waals surface area contributed by atoms with Crippen molar-refractivity contribution in [3.63, 3.8) is 0 Å². The lowest BCUT2D eigenvalue weighted by Crippen LogP contribution is -2.49. The van der Waals surface area contributed by atoms with Gasteiger partial charge >= 0.3 is 0 Å². The Hall–Kier alpha value is -3.33. The highest BCUT2D eigenvalue weighted by atomic mass is 32.1. The first-order valence-electron chi connectivity index (χ1n) is 11.2. The average Bonchev–Trinajstić information content (AvgIpc) is 3.38. The lowest BCUT2D eigenvalue weighted by molar-refractivity contribution is -0.137. The second-order valence-corrected chi connectivity index (χ2v) is 9.63. The summed E-state index contributed by atoms with van der Waals surface area (Å²) >= 11 is 1.50. The van der Waals surface area contributed by atoms with E-state index in [0.29, 0.717) is 0 Å². The molecule has 2 aromatic rings. The fraction of sp³-hybridized carbons (Fsp3) is 0.400. The molecule has 1 fully saturated rings. The SMILES string of the molecule is CC(C)[C@@H](NC(=O)C[C@H](NC(=O)Cc1ccsc1)c1ccccc1)C(=O)[C@@H]1C(=O)NC(=O)[C@H]1C. The van der Waals surface area contributed by atoms with Crippen LogP contribution in [0.25, 0.3) is 0 Å². The summed E-state index contributed by atoms with van der Waals surface area (Å²) in [4.78, 5) is 62.7. The van der Waals surface area contributed by atoms with Gasteiger partial charge in [-0.25, -0.2) is 0 Å². The predicted molar refractivity (Wildman–Crippen MR) is 128 cm³/mol. The van der Waals surface area contributed by atoms with Gasteiger partial charge in [-0.05, 0) is 33.9 Å². The highest BCUT2D eigenvalue weighted by molar-refractivity contribution is 7.08. The molecule has 8 nitrogen and oxygen atoms in total. The molecule has 0 saturated carbocycles. The number of carbonyl (C=O) groups excluding carboxylic acids is 5. The predicted octanol–water partition coefficient (Wildman–Crippen LogP) is 2.16. The minimum Gasteiger partial charge on any atom is -0.348 e. The second kappa shape index (κ2) is 11.2. The van der Waals surface area contributed by atoms with Crippen LogP contribution in [-0.2, 0) is 30.4 Å². The summed E-state index contributed by atoms with van der Waals surface area (Å²) in [6.07, 6.45) is 0.117. The van der Waals surface area contributed by atoms with Gasteiger partial charge in [0.15, 0.2) is 5.78 Å². The number of imide groups is 1. The van der Waals surface area contributed by atoms with Gasteiger partial charge < -0.3 is 10.6 Å². The van der Waals surface area contributed by atoms with E-state index >= 15 is 0 Å². The number of rotatable bonds is 10. The number of ketones is 1. The number of hydrogen-bond donors (Lipinski definition) is 3. The minimum absolute atomic E-state index is 0.0821. The molecular formula is C25H29N3O5S. The lowest BCUT2D eigenvalue weighted by atomic mass is 9.85. The highest BCUT2D eigenvalue weighted by Crippen LogP contribution is 2.24. The Kier molecular flexibility index (Phi) is 8.33. The van der Waals surface area contributed by atoms with Crippen LogP contribution in [0.2, 0.25) is 0 Å².